The van der Waals surface area contributed by atoms with Gasteiger partial charge in [-0.1, -0.05) is 50.6 Å². The van der Waals surface area contributed by atoms with Crippen molar-refractivity contribution < 1.29 is 4.74 Å². The smallest absolute Gasteiger partial charge is 0.213 e. The van der Waals surface area contributed by atoms with E-state index in [-0.39, 0.29) is 5.41 Å². The van der Waals surface area contributed by atoms with Gasteiger partial charge in [-0.2, -0.15) is 0 Å². The van der Waals surface area contributed by atoms with Crippen molar-refractivity contribution in [3.63, 3.8) is 0 Å². The molecule has 100 valence electrons. The van der Waals surface area contributed by atoms with E-state index in [1.165, 1.54) is 5.56 Å². The van der Waals surface area contributed by atoms with Crippen molar-refractivity contribution in [3.05, 3.63) is 58.7 Å². The molecule has 1 aromatic heterocycles. The molecular weight excluding hydrogens is 258 g/mol. The van der Waals surface area contributed by atoms with Gasteiger partial charge in [-0.15, -0.1) is 0 Å². The third-order valence-electron chi connectivity index (χ3n) is 2.93. The van der Waals surface area contributed by atoms with E-state index in [4.69, 9.17) is 16.3 Å². The number of hydrogen-bond acceptors (Lipinski definition) is 2. The highest BCUT2D eigenvalue weighted by atomic mass is 35.5. The minimum absolute atomic E-state index is 0.102. The summed E-state index contributed by atoms with van der Waals surface area (Å²) in [4.78, 5) is 4.13. The Balaban J connectivity index is 2.16. The Morgan fingerprint density at radius 1 is 1.16 bits per heavy atom. The van der Waals surface area contributed by atoms with Crippen molar-refractivity contribution in [1.82, 2.24) is 4.98 Å². The number of pyridine rings is 1. The molecule has 0 atom stereocenters. The lowest BCUT2D eigenvalue weighted by molar-refractivity contribution is 0.293. The molecule has 0 saturated heterocycles. The van der Waals surface area contributed by atoms with Gasteiger partial charge in [0.15, 0.2) is 0 Å². The quantitative estimate of drug-likeness (QED) is 0.816. The molecule has 0 spiro atoms. The summed E-state index contributed by atoms with van der Waals surface area (Å²) < 4.78 is 5.64. The topological polar surface area (TPSA) is 22.1 Å². The molecule has 0 unspecified atom stereocenters. The predicted molar refractivity (Wildman–Crippen MR) is 78.7 cm³/mol. The Labute approximate surface area is 119 Å². The Kier molecular flexibility index (Phi) is 4.11. The number of nitrogens with zero attached hydrogens (tertiary/aromatic N) is 1. The van der Waals surface area contributed by atoms with Crippen LogP contribution in [-0.2, 0) is 12.0 Å². The van der Waals surface area contributed by atoms with E-state index in [0.29, 0.717) is 12.5 Å². The van der Waals surface area contributed by atoms with Gasteiger partial charge < -0.3 is 4.74 Å². The second-order valence-electron chi connectivity index (χ2n) is 5.51. The molecule has 0 fully saturated rings. The molecule has 2 rings (SSSR count). The van der Waals surface area contributed by atoms with Crippen LogP contribution in [0.1, 0.15) is 31.9 Å². The number of hydrogen-bond donors (Lipinski definition) is 0. The summed E-state index contributed by atoms with van der Waals surface area (Å²) >= 11 is 6.21. The molecule has 0 saturated carbocycles. The first-order chi connectivity index (χ1) is 8.97. The van der Waals surface area contributed by atoms with Gasteiger partial charge in [0.05, 0.1) is 0 Å². The predicted octanol–water partition coefficient (Wildman–Crippen LogP) is 4.61. The normalized spacial score (nSPS) is 11.4. The van der Waals surface area contributed by atoms with Gasteiger partial charge in [-0.3, -0.25) is 0 Å². The molecule has 1 aromatic carbocycles. The average Bonchev–Trinajstić information content (AvgIpc) is 2.37. The Morgan fingerprint density at radius 3 is 2.58 bits per heavy atom. The summed E-state index contributed by atoms with van der Waals surface area (Å²) in [5.41, 5.74) is 2.33. The van der Waals surface area contributed by atoms with Crippen LogP contribution in [0.25, 0.3) is 0 Å². The number of halogens is 1. The van der Waals surface area contributed by atoms with E-state index < -0.39 is 0 Å². The van der Waals surface area contributed by atoms with E-state index in [1.54, 1.807) is 6.20 Å². The SMILES string of the molecule is CC(C)(C)c1ccc(Cl)c(COc2ccccn2)c1. The summed E-state index contributed by atoms with van der Waals surface area (Å²) in [7, 11) is 0. The first-order valence-corrected chi connectivity index (χ1v) is 6.67. The number of aromatic nitrogens is 1. The summed E-state index contributed by atoms with van der Waals surface area (Å²) in [6.07, 6.45) is 1.71. The van der Waals surface area contributed by atoms with Crippen molar-refractivity contribution in [1.29, 1.82) is 0 Å². The van der Waals surface area contributed by atoms with Gasteiger partial charge in [0.25, 0.3) is 0 Å². The van der Waals surface area contributed by atoms with E-state index in [9.17, 15) is 0 Å². The minimum atomic E-state index is 0.102. The van der Waals surface area contributed by atoms with E-state index in [1.807, 2.05) is 24.3 Å². The van der Waals surface area contributed by atoms with Crippen LogP contribution in [0.3, 0.4) is 0 Å². The number of benzene rings is 1. The van der Waals surface area contributed by atoms with Gasteiger partial charge in [0, 0.05) is 22.8 Å². The highest BCUT2D eigenvalue weighted by Gasteiger charge is 2.15. The van der Waals surface area contributed by atoms with E-state index in [2.05, 4.69) is 37.9 Å². The molecule has 0 bridgehead atoms. The van der Waals surface area contributed by atoms with Gasteiger partial charge in [0.1, 0.15) is 6.61 Å². The summed E-state index contributed by atoms with van der Waals surface area (Å²) in [5, 5.41) is 0.726. The minimum Gasteiger partial charge on any atom is -0.473 e. The monoisotopic (exact) mass is 275 g/mol. The Hall–Kier alpha value is -1.54. The van der Waals surface area contributed by atoms with Crippen LogP contribution in [0.5, 0.6) is 5.88 Å². The highest BCUT2D eigenvalue weighted by molar-refractivity contribution is 6.31. The van der Waals surface area contributed by atoms with Crippen LogP contribution >= 0.6 is 11.6 Å². The fourth-order valence-corrected chi connectivity index (χ4v) is 1.91. The first kappa shape index (κ1) is 13.9. The van der Waals surface area contributed by atoms with Crippen molar-refractivity contribution in [2.75, 3.05) is 0 Å². The Bertz CT molecular complexity index is 546. The van der Waals surface area contributed by atoms with Crippen LogP contribution in [-0.4, -0.2) is 4.98 Å². The third-order valence-corrected chi connectivity index (χ3v) is 3.29. The van der Waals surface area contributed by atoms with Crippen molar-refractivity contribution in [3.8, 4) is 5.88 Å². The average molecular weight is 276 g/mol. The first-order valence-electron chi connectivity index (χ1n) is 6.29. The van der Waals surface area contributed by atoms with E-state index >= 15 is 0 Å². The molecule has 19 heavy (non-hydrogen) atoms. The molecule has 0 aliphatic rings. The fourth-order valence-electron chi connectivity index (χ4n) is 1.74. The van der Waals surface area contributed by atoms with Crippen molar-refractivity contribution >= 4 is 11.6 Å². The van der Waals surface area contributed by atoms with Crippen LogP contribution in [0, 0.1) is 0 Å². The summed E-state index contributed by atoms with van der Waals surface area (Å²) in [6.45, 7) is 6.97. The van der Waals surface area contributed by atoms with Crippen molar-refractivity contribution in [2.24, 2.45) is 0 Å². The van der Waals surface area contributed by atoms with Gasteiger partial charge in [-0.05, 0) is 23.1 Å². The highest BCUT2D eigenvalue weighted by Crippen LogP contribution is 2.27. The van der Waals surface area contributed by atoms with Crippen molar-refractivity contribution in [2.45, 2.75) is 32.8 Å². The second-order valence-corrected chi connectivity index (χ2v) is 5.92. The van der Waals surface area contributed by atoms with Gasteiger partial charge in [-0.25, -0.2) is 4.98 Å². The summed E-state index contributed by atoms with van der Waals surface area (Å²) in [6, 6.07) is 11.7. The molecule has 0 aliphatic carbocycles. The Morgan fingerprint density at radius 2 is 1.95 bits per heavy atom. The molecule has 0 amide bonds. The van der Waals surface area contributed by atoms with Crippen LogP contribution < -0.4 is 4.74 Å². The third kappa shape index (κ3) is 3.71. The largest absolute Gasteiger partial charge is 0.473 e. The molecule has 0 N–H and O–H groups in total. The zero-order chi connectivity index (χ0) is 13.9. The lowest BCUT2D eigenvalue weighted by Crippen LogP contribution is -2.12. The molecular formula is C16H18ClNO. The van der Waals surface area contributed by atoms with Crippen LogP contribution in [0.4, 0.5) is 0 Å². The van der Waals surface area contributed by atoms with Crippen LogP contribution in [0.15, 0.2) is 42.6 Å². The number of rotatable bonds is 3. The molecule has 2 nitrogen and oxygen atoms in total. The zero-order valence-electron chi connectivity index (χ0n) is 11.5. The summed E-state index contributed by atoms with van der Waals surface area (Å²) in [5.74, 6) is 0.611. The molecule has 1 heterocycles. The molecule has 3 heteroatoms. The maximum absolute atomic E-state index is 6.21. The lowest BCUT2D eigenvalue weighted by atomic mass is 9.86. The lowest BCUT2D eigenvalue weighted by Gasteiger charge is -2.20. The molecule has 0 radical (unpaired) electrons. The maximum Gasteiger partial charge on any atom is 0.213 e. The van der Waals surface area contributed by atoms with Crippen LogP contribution in [0.2, 0.25) is 5.02 Å². The fraction of sp³-hybridized carbons (Fsp3) is 0.312. The van der Waals surface area contributed by atoms with E-state index in [0.717, 1.165) is 10.6 Å². The van der Waals surface area contributed by atoms with Gasteiger partial charge in [0.2, 0.25) is 5.88 Å². The zero-order valence-corrected chi connectivity index (χ0v) is 12.2. The second kappa shape index (κ2) is 5.62. The van der Waals surface area contributed by atoms with Gasteiger partial charge >= 0.3 is 0 Å². The molecule has 0 aliphatic heterocycles. The standard InChI is InChI=1S/C16H18ClNO/c1-16(2,3)13-7-8-14(17)12(10-13)11-19-15-6-4-5-9-18-15/h4-10H,11H2,1-3H3. The maximum atomic E-state index is 6.21. The molecule has 2 aromatic rings. The number of ether oxygens (including phenoxy) is 1.